The minimum atomic E-state index is -4.67. The van der Waals surface area contributed by atoms with Crippen LogP contribution in [0.2, 0.25) is 0 Å². The summed E-state index contributed by atoms with van der Waals surface area (Å²) in [6.07, 6.45) is 0. The average molecular weight is 209 g/mol. The Kier molecular flexibility index (Phi) is 4.32. The lowest BCUT2D eigenvalue weighted by Crippen LogP contribution is -1.89. The van der Waals surface area contributed by atoms with E-state index in [1.807, 2.05) is 0 Å². The first-order valence-corrected chi connectivity index (χ1v) is 4.40. The molecule has 4 N–H and O–H groups in total. The van der Waals surface area contributed by atoms with Crippen molar-refractivity contribution in [2.24, 2.45) is 0 Å². The Morgan fingerprint density at radius 2 is 1.62 bits per heavy atom. The zero-order valence-corrected chi connectivity index (χ0v) is 7.20. The van der Waals surface area contributed by atoms with Gasteiger partial charge in [0.05, 0.1) is 5.69 Å². The summed E-state index contributed by atoms with van der Waals surface area (Å²) >= 11 is 0. The van der Waals surface area contributed by atoms with E-state index in [9.17, 15) is 4.39 Å². The van der Waals surface area contributed by atoms with Crippen molar-refractivity contribution in [3.8, 4) is 0 Å². The van der Waals surface area contributed by atoms with Gasteiger partial charge >= 0.3 is 10.4 Å². The molecule has 7 heteroatoms. The van der Waals surface area contributed by atoms with Gasteiger partial charge in [0.1, 0.15) is 5.82 Å². The maximum atomic E-state index is 12.2. The van der Waals surface area contributed by atoms with Crippen LogP contribution in [0.25, 0.3) is 0 Å². The van der Waals surface area contributed by atoms with E-state index in [-0.39, 0.29) is 11.5 Å². The molecule has 0 radical (unpaired) electrons. The number of rotatable bonds is 0. The summed E-state index contributed by atoms with van der Waals surface area (Å²) in [6, 6.07) is 6.15. The smallest absolute Gasteiger partial charge is 0.394 e. The van der Waals surface area contributed by atoms with Crippen LogP contribution in [0, 0.1) is 5.82 Å². The van der Waals surface area contributed by atoms with Crippen LogP contribution in [0.1, 0.15) is 0 Å². The summed E-state index contributed by atoms with van der Waals surface area (Å²) in [4.78, 5) is 0. The molecule has 1 aromatic carbocycles. The Balaban J connectivity index is 0.000000252. The van der Waals surface area contributed by atoms with Gasteiger partial charge < -0.3 is 5.73 Å². The Morgan fingerprint density at radius 3 is 1.85 bits per heavy atom. The number of para-hydroxylation sites is 1. The Bertz CT molecular complexity index is 336. The van der Waals surface area contributed by atoms with E-state index in [0.717, 1.165) is 0 Å². The molecule has 0 fully saturated rings. The predicted octanol–water partition coefficient (Wildman–Crippen LogP) is 0.755. The Morgan fingerprint density at radius 1 is 1.23 bits per heavy atom. The molecule has 0 spiro atoms. The molecule has 74 valence electrons. The van der Waals surface area contributed by atoms with Crippen LogP contribution in [0.4, 0.5) is 10.1 Å². The molecular formula is C6H8FNO4S. The summed E-state index contributed by atoms with van der Waals surface area (Å²) in [7, 11) is -4.67. The fourth-order valence-corrected chi connectivity index (χ4v) is 0.475. The van der Waals surface area contributed by atoms with E-state index in [0.29, 0.717) is 0 Å². The van der Waals surface area contributed by atoms with Crippen LogP contribution >= 0.6 is 0 Å². The van der Waals surface area contributed by atoms with Crippen molar-refractivity contribution >= 4 is 16.1 Å². The van der Waals surface area contributed by atoms with Gasteiger partial charge in [-0.15, -0.1) is 0 Å². The van der Waals surface area contributed by atoms with Crippen LogP contribution < -0.4 is 5.73 Å². The largest absolute Gasteiger partial charge is 0.396 e. The molecule has 0 saturated heterocycles. The molecule has 0 atom stereocenters. The molecule has 0 aliphatic rings. The number of nitrogens with two attached hydrogens (primary N) is 1. The molecule has 1 rings (SSSR count). The summed E-state index contributed by atoms with van der Waals surface area (Å²) in [5.74, 6) is -0.354. The van der Waals surface area contributed by atoms with E-state index in [2.05, 4.69) is 0 Å². The third kappa shape index (κ3) is 8.73. The SMILES string of the molecule is Nc1ccccc1F.O=S(=O)(O)O. The van der Waals surface area contributed by atoms with Gasteiger partial charge in [-0.25, -0.2) is 4.39 Å². The standard InChI is InChI=1S/C6H6FN.H2O4S/c7-5-3-1-2-4-6(5)8;1-5(2,3)4/h1-4H,8H2;(H2,1,2,3,4). The number of nitrogen functional groups attached to an aromatic ring is 1. The molecule has 0 bridgehead atoms. The van der Waals surface area contributed by atoms with Gasteiger partial charge in [-0.1, -0.05) is 12.1 Å². The van der Waals surface area contributed by atoms with Gasteiger partial charge in [0.15, 0.2) is 0 Å². The Hall–Kier alpha value is -1.18. The molecule has 0 aromatic heterocycles. The molecule has 0 aliphatic heterocycles. The Labute approximate surface area is 74.6 Å². The van der Waals surface area contributed by atoms with Crippen molar-refractivity contribution in [2.45, 2.75) is 0 Å². The van der Waals surface area contributed by atoms with Crippen molar-refractivity contribution in [3.63, 3.8) is 0 Å². The third-order valence-corrected chi connectivity index (χ3v) is 0.905. The van der Waals surface area contributed by atoms with Gasteiger partial charge in [-0.2, -0.15) is 8.42 Å². The second-order valence-corrected chi connectivity index (χ2v) is 2.87. The third-order valence-electron chi connectivity index (χ3n) is 0.905. The van der Waals surface area contributed by atoms with Crippen LogP contribution in [0.15, 0.2) is 24.3 Å². The van der Waals surface area contributed by atoms with Crippen LogP contribution in [0.3, 0.4) is 0 Å². The van der Waals surface area contributed by atoms with Gasteiger partial charge in [-0.3, -0.25) is 9.11 Å². The maximum absolute atomic E-state index is 12.2. The highest BCUT2D eigenvalue weighted by molar-refractivity contribution is 7.79. The lowest BCUT2D eigenvalue weighted by Gasteiger charge is -1.89. The topological polar surface area (TPSA) is 101 Å². The van der Waals surface area contributed by atoms with Gasteiger partial charge in [-0.05, 0) is 12.1 Å². The molecule has 0 amide bonds. The lowest BCUT2D eigenvalue weighted by atomic mass is 10.3. The highest BCUT2D eigenvalue weighted by Crippen LogP contribution is 2.05. The molecule has 0 heterocycles. The zero-order valence-electron chi connectivity index (χ0n) is 6.38. The van der Waals surface area contributed by atoms with Crippen LogP contribution in [-0.4, -0.2) is 17.5 Å². The predicted molar refractivity (Wildman–Crippen MR) is 45.0 cm³/mol. The summed E-state index contributed by atoms with van der Waals surface area (Å²) in [5, 5.41) is 0. The second kappa shape index (κ2) is 4.75. The highest BCUT2D eigenvalue weighted by Gasteiger charge is 1.89. The number of halogens is 1. The second-order valence-electron chi connectivity index (χ2n) is 1.97. The number of hydrogen-bond acceptors (Lipinski definition) is 3. The lowest BCUT2D eigenvalue weighted by molar-refractivity contribution is 0.381. The van der Waals surface area contributed by atoms with Crippen molar-refractivity contribution in [1.82, 2.24) is 0 Å². The molecule has 1 aromatic rings. The van der Waals surface area contributed by atoms with E-state index in [4.69, 9.17) is 23.3 Å². The molecule has 0 aliphatic carbocycles. The number of anilines is 1. The molecule has 0 unspecified atom stereocenters. The monoisotopic (exact) mass is 209 g/mol. The van der Waals surface area contributed by atoms with E-state index in [1.165, 1.54) is 12.1 Å². The summed E-state index contributed by atoms with van der Waals surface area (Å²) in [5.41, 5.74) is 5.35. The number of hydrogen-bond donors (Lipinski definition) is 3. The zero-order chi connectivity index (χ0) is 10.5. The summed E-state index contributed by atoms with van der Waals surface area (Å²) in [6.45, 7) is 0. The molecule has 0 saturated carbocycles. The van der Waals surface area contributed by atoms with Crippen molar-refractivity contribution in [3.05, 3.63) is 30.1 Å². The van der Waals surface area contributed by atoms with Gasteiger partial charge in [0.2, 0.25) is 0 Å². The van der Waals surface area contributed by atoms with Crippen LogP contribution in [0.5, 0.6) is 0 Å². The summed E-state index contributed by atoms with van der Waals surface area (Å²) < 4.78 is 43.8. The number of benzene rings is 1. The van der Waals surface area contributed by atoms with Crippen molar-refractivity contribution in [2.75, 3.05) is 5.73 Å². The fourth-order valence-electron chi connectivity index (χ4n) is 0.475. The molecular weight excluding hydrogens is 201 g/mol. The molecule has 13 heavy (non-hydrogen) atoms. The first-order chi connectivity index (χ1) is 5.80. The average Bonchev–Trinajstić information content (AvgIpc) is 1.92. The molecule has 5 nitrogen and oxygen atoms in total. The maximum Gasteiger partial charge on any atom is 0.394 e. The fraction of sp³-hybridized carbons (Fsp3) is 0. The van der Waals surface area contributed by atoms with E-state index in [1.54, 1.807) is 12.1 Å². The highest BCUT2D eigenvalue weighted by atomic mass is 32.3. The van der Waals surface area contributed by atoms with Gasteiger partial charge in [0, 0.05) is 0 Å². The minimum Gasteiger partial charge on any atom is -0.396 e. The van der Waals surface area contributed by atoms with E-state index >= 15 is 0 Å². The van der Waals surface area contributed by atoms with Crippen LogP contribution in [-0.2, 0) is 10.4 Å². The first-order valence-electron chi connectivity index (χ1n) is 3.00. The van der Waals surface area contributed by atoms with Gasteiger partial charge in [0.25, 0.3) is 0 Å². The van der Waals surface area contributed by atoms with Crippen molar-refractivity contribution < 1.29 is 21.9 Å². The quantitative estimate of drug-likeness (QED) is 0.432. The van der Waals surface area contributed by atoms with E-state index < -0.39 is 10.4 Å². The first kappa shape index (κ1) is 11.8. The van der Waals surface area contributed by atoms with Crippen molar-refractivity contribution in [1.29, 1.82) is 0 Å². The minimum absolute atomic E-state index is 0.201. The normalized spacial score (nSPS) is 10.1.